The van der Waals surface area contributed by atoms with E-state index in [1.54, 1.807) is 0 Å². The van der Waals surface area contributed by atoms with Crippen molar-refractivity contribution in [3.05, 3.63) is 35.9 Å². The third-order valence-electron chi connectivity index (χ3n) is 4.91. The molecule has 0 atom stereocenters. The molecule has 1 aromatic rings. The van der Waals surface area contributed by atoms with Crippen molar-refractivity contribution in [1.82, 2.24) is 4.90 Å². The Kier molecular flexibility index (Phi) is 6.25. The largest absolute Gasteiger partial charge is 0.373 e. The summed E-state index contributed by atoms with van der Waals surface area (Å²) in [6, 6.07) is 10.9. The highest BCUT2D eigenvalue weighted by Crippen LogP contribution is 2.38. The summed E-state index contributed by atoms with van der Waals surface area (Å²) in [4.78, 5) is 2.20. The lowest BCUT2D eigenvalue weighted by Gasteiger charge is -2.40. The molecule has 0 heterocycles. The third-order valence-corrected chi connectivity index (χ3v) is 4.91. The summed E-state index contributed by atoms with van der Waals surface area (Å²) in [5.41, 5.74) is 1.49. The van der Waals surface area contributed by atoms with Crippen LogP contribution in [0.4, 0.5) is 0 Å². The van der Waals surface area contributed by atoms with Gasteiger partial charge in [-0.25, -0.2) is 0 Å². The molecule has 0 N–H and O–H groups in total. The molecule has 0 saturated heterocycles. The van der Waals surface area contributed by atoms with Crippen molar-refractivity contribution in [2.45, 2.75) is 51.0 Å². The van der Waals surface area contributed by atoms with Gasteiger partial charge in [-0.15, -0.1) is 0 Å². The maximum atomic E-state index is 6.44. The Hall–Kier alpha value is -0.860. The average Bonchev–Trinajstić information content (AvgIpc) is 2.49. The smallest absolute Gasteiger partial charge is 0.0723 e. The summed E-state index contributed by atoms with van der Waals surface area (Å²) in [5.74, 6) is 0.909. The number of rotatable bonds is 7. The number of likely N-dealkylation sites (N-methyl/N-ethyl adjacent to an activating group) is 1. The van der Waals surface area contributed by atoms with E-state index in [1.807, 2.05) is 0 Å². The molecule has 0 unspecified atom stereocenters. The molecule has 2 heteroatoms. The number of hydrogen-bond donors (Lipinski definition) is 0. The first-order valence-electron chi connectivity index (χ1n) is 8.46. The van der Waals surface area contributed by atoms with Crippen molar-refractivity contribution in [3.63, 3.8) is 0 Å². The van der Waals surface area contributed by atoms with E-state index in [4.69, 9.17) is 4.74 Å². The van der Waals surface area contributed by atoms with Gasteiger partial charge in [0.05, 0.1) is 12.2 Å². The fraction of sp³-hybridized carbons (Fsp3) is 0.684. The molecule has 0 amide bonds. The van der Waals surface area contributed by atoms with Crippen LogP contribution in [0, 0.1) is 5.92 Å². The molecule has 21 heavy (non-hydrogen) atoms. The van der Waals surface area contributed by atoms with E-state index in [2.05, 4.69) is 56.3 Å². The van der Waals surface area contributed by atoms with Gasteiger partial charge in [0.1, 0.15) is 0 Å². The van der Waals surface area contributed by atoms with Crippen LogP contribution < -0.4 is 0 Å². The highest BCUT2D eigenvalue weighted by Gasteiger charge is 2.35. The Balaban J connectivity index is 2.00. The minimum atomic E-state index is 0.0725. The van der Waals surface area contributed by atoms with Crippen molar-refractivity contribution >= 4 is 0 Å². The monoisotopic (exact) mass is 289 g/mol. The van der Waals surface area contributed by atoms with Crippen molar-refractivity contribution in [2.75, 3.05) is 27.2 Å². The molecule has 1 aromatic carbocycles. The van der Waals surface area contributed by atoms with Gasteiger partial charge in [0.15, 0.2) is 0 Å². The normalized spacial score (nSPS) is 26.2. The quantitative estimate of drug-likeness (QED) is 0.748. The Morgan fingerprint density at radius 2 is 1.81 bits per heavy atom. The average molecular weight is 289 g/mol. The van der Waals surface area contributed by atoms with Crippen LogP contribution in [-0.2, 0) is 11.2 Å². The third kappa shape index (κ3) is 5.12. The SMILES string of the molecule is CCC1CCC(Cc2ccccc2)(OCCN(C)C)CC1. The molecule has 1 saturated carbocycles. The highest BCUT2D eigenvalue weighted by molar-refractivity contribution is 5.17. The standard InChI is InChI=1S/C19H31NO/c1-4-17-10-12-19(13-11-17,21-15-14-20(2)3)16-18-8-6-5-7-9-18/h5-9,17H,4,10-16H2,1-3H3. The van der Waals surface area contributed by atoms with Crippen LogP contribution in [0.15, 0.2) is 30.3 Å². The first-order chi connectivity index (χ1) is 10.1. The van der Waals surface area contributed by atoms with Gasteiger partial charge in [-0.3, -0.25) is 0 Å². The zero-order chi connectivity index (χ0) is 15.1. The van der Waals surface area contributed by atoms with Crippen molar-refractivity contribution in [1.29, 1.82) is 0 Å². The minimum absolute atomic E-state index is 0.0725. The zero-order valence-electron chi connectivity index (χ0n) is 14.0. The Morgan fingerprint density at radius 1 is 1.14 bits per heavy atom. The summed E-state index contributed by atoms with van der Waals surface area (Å²) >= 11 is 0. The van der Waals surface area contributed by atoms with Gasteiger partial charge in [0.2, 0.25) is 0 Å². The fourth-order valence-corrected chi connectivity index (χ4v) is 3.40. The van der Waals surface area contributed by atoms with E-state index < -0.39 is 0 Å². The van der Waals surface area contributed by atoms with Crippen LogP contribution in [0.2, 0.25) is 0 Å². The first kappa shape index (κ1) is 16.5. The molecule has 1 aliphatic carbocycles. The predicted octanol–water partition coefficient (Wildman–Crippen LogP) is 4.15. The predicted molar refractivity (Wildman–Crippen MR) is 89.6 cm³/mol. The van der Waals surface area contributed by atoms with Gasteiger partial charge >= 0.3 is 0 Å². The maximum Gasteiger partial charge on any atom is 0.0723 e. The Morgan fingerprint density at radius 3 is 2.38 bits per heavy atom. The summed E-state index contributed by atoms with van der Waals surface area (Å²) in [6.07, 6.45) is 7.47. The molecule has 118 valence electrons. The van der Waals surface area contributed by atoms with Crippen molar-refractivity contribution < 1.29 is 4.74 Å². The fourth-order valence-electron chi connectivity index (χ4n) is 3.40. The van der Waals surface area contributed by atoms with Crippen LogP contribution in [-0.4, -0.2) is 37.7 Å². The molecular formula is C19H31NO. The zero-order valence-corrected chi connectivity index (χ0v) is 14.0. The van der Waals surface area contributed by atoms with E-state index in [1.165, 1.54) is 37.7 Å². The van der Waals surface area contributed by atoms with Gasteiger partial charge in [0.25, 0.3) is 0 Å². The molecule has 0 spiro atoms. The number of benzene rings is 1. The lowest BCUT2D eigenvalue weighted by atomic mass is 9.75. The lowest BCUT2D eigenvalue weighted by Crippen LogP contribution is -2.41. The maximum absolute atomic E-state index is 6.44. The Bertz CT molecular complexity index is 393. The topological polar surface area (TPSA) is 12.5 Å². The molecule has 1 fully saturated rings. The summed E-state index contributed by atoms with van der Waals surface area (Å²) in [5, 5.41) is 0. The summed E-state index contributed by atoms with van der Waals surface area (Å²) in [7, 11) is 4.22. The number of hydrogen-bond acceptors (Lipinski definition) is 2. The summed E-state index contributed by atoms with van der Waals surface area (Å²) < 4.78 is 6.44. The highest BCUT2D eigenvalue weighted by atomic mass is 16.5. The van der Waals surface area contributed by atoms with Crippen LogP contribution in [0.1, 0.15) is 44.6 Å². The van der Waals surface area contributed by atoms with Gasteiger partial charge in [-0.2, -0.15) is 0 Å². The molecule has 0 aromatic heterocycles. The molecule has 0 radical (unpaired) electrons. The Labute approximate surface area is 130 Å². The van der Waals surface area contributed by atoms with E-state index in [9.17, 15) is 0 Å². The van der Waals surface area contributed by atoms with Crippen LogP contribution in [0.25, 0.3) is 0 Å². The van der Waals surface area contributed by atoms with Crippen molar-refractivity contribution in [3.8, 4) is 0 Å². The molecule has 0 bridgehead atoms. The summed E-state index contributed by atoms with van der Waals surface area (Å²) in [6.45, 7) is 4.17. The second-order valence-corrected chi connectivity index (χ2v) is 6.85. The lowest BCUT2D eigenvalue weighted by molar-refractivity contribution is -0.0809. The van der Waals surface area contributed by atoms with E-state index in [0.29, 0.717) is 0 Å². The number of nitrogens with zero attached hydrogens (tertiary/aromatic N) is 1. The van der Waals surface area contributed by atoms with E-state index in [-0.39, 0.29) is 5.60 Å². The van der Waals surface area contributed by atoms with E-state index in [0.717, 1.165) is 25.5 Å². The van der Waals surface area contributed by atoms with Gasteiger partial charge in [-0.05, 0) is 51.3 Å². The molecule has 0 aliphatic heterocycles. The van der Waals surface area contributed by atoms with Crippen LogP contribution >= 0.6 is 0 Å². The van der Waals surface area contributed by atoms with Gasteiger partial charge in [0, 0.05) is 13.0 Å². The molecule has 2 rings (SSSR count). The number of ether oxygens (including phenoxy) is 1. The second-order valence-electron chi connectivity index (χ2n) is 6.85. The van der Waals surface area contributed by atoms with Crippen LogP contribution in [0.3, 0.4) is 0 Å². The van der Waals surface area contributed by atoms with E-state index >= 15 is 0 Å². The van der Waals surface area contributed by atoms with Crippen molar-refractivity contribution in [2.24, 2.45) is 5.92 Å². The molecular weight excluding hydrogens is 258 g/mol. The van der Waals surface area contributed by atoms with Crippen LogP contribution in [0.5, 0.6) is 0 Å². The van der Waals surface area contributed by atoms with Gasteiger partial charge < -0.3 is 9.64 Å². The first-order valence-corrected chi connectivity index (χ1v) is 8.46. The minimum Gasteiger partial charge on any atom is -0.373 e. The second kappa shape index (κ2) is 7.95. The molecule has 1 aliphatic rings. The molecule has 2 nitrogen and oxygen atoms in total. The van der Waals surface area contributed by atoms with Gasteiger partial charge in [-0.1, -0.05) is 43.7 Å².